The van der Waals surface area contributed by atoms with Gasteiger partial charge < -0.3 is 10.2 Å². The van der Waals surface area contributed by atoms with Gasteiger partial charge in [0, 0.05) is 23.7 Å². The van der Waals surface area contributed by atoms with E-state index in [0.29, 0.717) is 12.4 Å². The molecule has 0 radical (unpaired) electrons. The van der Waals surface area contributed by atoms with E-state index >= 15 is 0 Å². The number of carbonyl (C=O) groups excluding carboxylic acids is 1. The van der Waals surface area contributed by atoms with Crippen LogP contribution in [0.4, 0.5) is 11.5 Å². The lowest BCUT2D eigenvalue weighted by molar-refractivity contribution is -0.120. The van der Waals surface area contributed by atoms with E-state index in [2.05, 4.69) is 25.5 Å². The zero-order valence-electron chi connectivity index (χ0n) is 17.5. The van der Waals surface area contributed by atoms with E-state index in [9.17, 15) is 4.79 Å². The number of hydrogen-bond donors (Lipinski definition) is 1. The molecule has 1 saturated heterocycles. The van der Waals surface area contributed by atoms with Crippen molar-refractivity contribution in [3.8, 4) is 5.82 Å². The minimum absolute atomic E-state index is 0.0634. The number of aryl methyl sites for hydroxylation is 2. The largest absolute Gasteiger partial charge is 0.354 e. The van der Waals surface area contributed by atoms with Crippen molar-refractivity contribution in [1.82, 2.24) is 20.0 Å². The second kappa shape index (κ2) is 8.87. The number of anilines is 2. The monoisotopic (exact) mass is 422 g/mol. The van der Waals surface area contributed by atoms with Crippen molar-refractivity contribution in [2.24, 2.45) is 5.92 Å². The maximum atomic E-state index is 12.9. The molecule has 1 N–H and O–H groups in total. The van der Waals surface area contributed by atoms with Crippen LogP contribution in [0.15, 0.2) is 47.4 Å². The lowest BCUT2D eigenvalue weighted by Crippen LogP contribution is -2.41. The molecular formula is C22H26N6OS. The fourth-order valence-electron chi connectivity index (χ4n) is 3.84. The number of nitrogens with one attached hydrogen (secondary N) is 1. The molecule has 2 aromatic heterocycles. The van der Waals surface area contributed by atoms with Gasteiger partial charge in [-0.15, -0.1) is 22.0 Å². The molecule has 0 saturated carbocycles. The van der Waals surface area contributed by atoms with Crippen molar-refractivity contribution in [2.45, 2.75) is 31.6 Å². The van der Waals surface area contributed by atoms with Gasteiger partial charge >= 0.3 is 0 Å². The number of hydrogen-bond acceptors (Lipinski definition) is 6. The first kappa shape index (κ1) is 20.4. The predicted octanol–water partition coefficient (Wildman–Crippen LogP) is 3.86. The molecule has 0 spiro atoms. The predicted molar refractivity (Wildman–Crippen MR) is 120 cm³/mol. The Balaban J connectivity index is 1.44. The van der Waals surface area contributed by atoms with Crippen molar-refractivity contribution in [1.29, 1.82) is 0 Å². The molecule has 30 heavy (non-hydrogen) atoms. The van der Waals surface area contributed by atoms with Crippen LogP contribution in [0, 0.1) is 19.8 Å². The summed E-state index contributed by atoms with van der Waals surface area (Å²) in [5.41, 5.74) is 2.85. The minimum atomic E-state index is -0.0776. The molecule has 7 nitrogen and oxygen atoms in total. The summed E-state index contributed by atoms with van der Waals surface area (Å²) in [7, 11) is 0. The molecule has 0 bridgehead atoms. The summed E-state index contributed by atoms with van der Waals surface area (Å²) in [5, 5.41) is 16.3. The van der Waals surface area contributed by atoms with E-state index < -0.39 is 0 Å². The number of aromatic nitrogens is 4. The summed E-state index contributed by atoms with van der Waals surface area (Å²) >= 11 is 1.63. The van der Waals surface area contributed by atoms with Gasteiger partial charge in [-0.05, 0) is 63.3 Å². The Bertz CT molecular complexity index is 1030. The van der Waals surface area contributed by atoms with Crippen LogP contribution in [0.2, 0.25) is 0 Å². The molecule has 1 amide bonds. The van der Waals surface area contributed by atoms with E-state index in [1.807, 2.05) is 62.6 Å². The van der Waals surface area contributed by atoms with Crippen molar-refractivity contribution in [3.63, 3.8) is 0 Å². The van der Waals surface area contributed by atoms with Crippen molar-refractivity contribution < 1.29 is 4.79 Å². The Morgan fingerprint density at radius 3 is 2.60 bits per heavy atom. The average molecular weight is 423 g/mol. The lowest BCUT2D eigenvalue weighted by Gasteiger charge is -2.32. The summed E-state index contributed by atoms with van der Waals surface area (Å²) in [5.74, 6) is 1.48. The van der Waals surface area contributed by atoms with Gasteiger partial charge in [0.25, 0.3) is 0 Å². The van der Waals surface area contributed by atoms with E-state index in [-0.39, 0.29) is 11.8 Å². The highest BCUT2D eigenvalue weighted by Gasteiger charge is 2.27. The second-order valence-corrected chi connectivity index (χ2v) is 8.41. The molecule has 1 aliphatic rings. The van der Waals surface area contributed by atoms with E-state index in [0.717, 1.165) is 47.2 Å². The first-order valence-electron chi connectivity index (χ1n) is 10.1. The Hall–Kier alpha value is -2.87. The number of para-hydroxylation sites is 1. The number of amides is 1. The number of nitrogens with zero attached hydrogens (tertiary/aromatic N) is 5. The lowest BCUT2D eigenvalue weighted by atomic mass is 9.97. The molecule has 156 valence electrons. The number of thioether (sulfide) groups is 1. The number of carbonyl (C=O) groups is 1. The van der Waals surface area contributed by atoms with Crippen LogP contribution in [0.1, 0.15) is 24.2 Å². The molecule has 8 heteroatoms. The zero-order chi connectivity index (χ0) is 21.1. The molecular weight excluding hydrogens is 396 g/mol. The SMILES string of the molecule is CSc1ccccc1NC(=O)[C@H]1CCCN(c2ccc(-n3nc(C)cc3C)nn2)C1. The third-order valence-electron chi connectivity index (χ3n) is 5.34. The molecule has 1 aliphatic heterocycles. The Morgan fingerprint density at radius 1 is 1.13 bits per heavy atom. The number of rotatable bonds is 5. The number of piperidine rings is 1. The Kier molecular flexibility index (Phi) is 6.03. The van der Waals surface area contributed by atoms with Crippen LogP contribution in [-0.2, 0) is 4.79 Å². The minimum Gasteiger partial charge on any atom is -0.354 e. The van der Waals surface area contributed by atoms with Crippen LogP contribution in [0.25, 0.3) is 5.82 Å². The third kappa shape index (κ3) is 4.33. The van der Waals surface area contributed by atoms with Crippen LogP contribution in [0.3, 0.4) is 0 Å². The topological polar surface area (TPSA) is 75.9 Å². The fourth-order valence-corrected chi connectivity index (χ4v) is 4.40. The standard InChI is InChI=1S/C22H26N6OS/c1-15-13-16(2)28(26-15)21-11-10-20(24-25-21)27-12-6-7-17(14-27)22(29)23-18-8-4-5-9-19(18)30-3/h4-5,8-11,13,17H,6-7,12,14H2,1-3H3,(H,23,29)/t17-/m0/s1. The van der Waals surface area contributed by atoms with Gasteiger partial charge in [-0.3, -0.25) is 4.79 Å². The highest BCUT2D eigenvalue weighted by atomic mass is 32.2. The molecule has 0 unspecified atom stereocenters. The van der Waals surface area contributed by atoms with Crippen molar-refractivity contribution in [2.75, 3.05) is 29.6 Å². The molecule has 0 aliphatic carbocycles. The molecule has 1 atom stereocenters. The van der Waals surface area contributed by atoms with Crippen LogP contribution in [-0.4, -0.2) is 45.2 Å². The summed E-state index contributed by atoms with van der Waals surface area (Å²) in [6, 6.07) is 13.8. The zero-order valence-corrected chi connectivity index (χ0v) is 18.3. The van der Waals surface area contributed by atoms with Crippen LogP contribution in [0.5, 0.6) is 0 Å². The highest BCUT2D eigenvalue weighted by molar-refractivity contribution is 7.98. The molecule has 3 heterocycles. The maximum Gasteiger partial charge on any atom is 0.229 e. The summed E-state index contributed by atoms with van der Waals surface area (Å²) in [6.45, 7) is 5.47. The van der Waals surface area contributed by atoms with Crippen LogP contribution < -0.4 is 10.2 Å². The smallest absolute Gasteiger partial charge is 0.229 e. The van der Waals surface area contributed by atoms with Gasteiger partial charge in [0.2, 0.25) is 5.91 Å². The normalized spacial score (nSPS) is 16.5. The molecule has 4 rings (SSSR count). The Morgan fingerprint density at radius 2 is 1.90 bits per heavy atom. The second-order valence-electron chi connectivity index (χ2n) is 7.56. The summed E-state index contributed by atoms with van der Waals surface area (Å²) < 4.78 is 1.79. The van der Waals surface area contributed by atoms with Gasteiger partial charge in [0.05, 0.1) is 17.3 Å². The molecule has 3 aromatic rings. The quantitative estimate of drug-likeness (QED) is 0.630. The van der Waals surface area contributed by atoms with Crippen molar-refractivity contribution >= 4 is 29.2 Å². The van der Waals surface area contributed by atoms with Crippen molar-refractivity contribution in [3.05, 3.63) is 53.9 Å². The summed E-state index contributed by atoms with van der Waals surface area (Å²) in [4.78, 5) is 16.1. The van der Waals surface area contributed by atoms with E-state index in [4.69, 9.17) is 0 Å². The molecule has 1 fully saturated rings. The number of benzene rings is 1. The Labute approximate surface area is 180 Å². The van der Waals surface area contributed by atoms with Gasteiger partial charge in [0.15, 0.2) is 11.6 Å². The van der Waals surface area contributed by atoms with E-state index in [1.54, 1.807) is 16.4 Å². The third-order valence-corrected chi connectivity index (χ3v) is 6.14. The van der Waals surface area contributed by atoms with Crippen LogP contribution >= 0.6 is 11.8 Å². The first-order chi connectivity index (χ1) is 14.5. The van der Waals surface area contributed by atoms with Gasteiger partial charge in [-0.25, -0.2) is 4.68 Å². The highest BCUT2D eigenvalue weighted by Crippen LogP contribution is 2.27. The average Bonchev–Trinajstić information content (AvgIpc) is 3.12. The van der Waals surface area contributed by atoms with E-state index in [1.165, 1.54) is 0 Å². The molecule has 1 aromatic carbocycles. The summed E-state index contributed by atoms with van der Waals surface area (Å²) in [6.07, 6.45) is 3.84. The first-order valence-corrected chi connectivity index (χ1v) is 11.3. The maximum absolute atomic E-state index is 12.9. The van der Waals surface area contributed by atoms with Gasteiger partial charge in [0.1, 0.15) is 0 Å². The van der Waals surface area contributed by atoms with Gasteiger partial charge in [-0.1, -0.05) is 12.1 Å². The van der Waals surface area contributed by atoms with Gasteiger partial charge in [-0.2, -0.15) is 5.10 Å². The fraction of sp³-hybridized carbons (Fsp3) is 0.364.